The molecule has 4 heteroatoms. The first kappa shape index (κ1) is 8.49. The number of hydrogen-bond acceptors (Lipinski definition) is 3. The Kier molecular flexibility index (Phi) is 1.90. The SMILES string of the molecule is C[C@H]1OC(C)(C)O[C@H]1C(=O)O. The number of rotatable bonds is 1. The van der Waals surface area contributed by atoms with Gasteiger partial charge in [0, 0.05) is 0 Å². The first-order valence-corrected chi connectivity index (χ1v) is 3.51. The van der Waals surface area contributed by atoms with E-state index in [0.29, 0.717) is 0 Å². The Morgan fingerprint density at radius 1 is 1.45 bits per heavy atom. The molecule has 0 amide bonds. The molecule has 4 nitrogen and oxygen atoms in total. The average Bonchev–Trinajstić information content (AvgIpc) is 2.05. The van der Waals surface area contributed by atoms with E-state index in [1.807, 2.05) is 0 Å². The molecule has 1 heterocycles. The van der Waals surface area contributed by atoms with Gasteiger partial charge in [-0.2, -0.15) is 0 Å². The molecule has 1 N–H and O–H groups in total. The lowest BCUT2D eigenvalue weighted by Crippen LogP contribution is -2.29. The summed E-state index contributed by atoms with van der Waals surface area (Å²) in [5.74, 6) is -1.73. The molecule has 0 bridgehead atoms. The van der Waals surface area contributed by atoms with Gasteiger partial charge in [-0.3, -0.25) is 0 Å². The number of hydrogen-bond donors (Lipinski definition) is 1. The van der Waals surface area contributed by atoms with Gasteiger partial charge >= 0.3 is 5.97 Å². The highest BCUT2D eigenvalue weighted by Gasteiger charge is 2.42. The third-order valence-corrected chi connectivity index (χ3v) is 1.55. The molecule has 64 valence electrons. The molecule has 0 aromatic carbocycles. The van der Waals surface area contributed by atoms with Crippen LogP contribution in [-0.2, 0) is 14.3 Å². The minimum atomic E-state index is -0.969. The lowest BCUT2D eigenvalue weighted by atomic mass is 10.2. The van der Waals surface area contributed by atoms with Crippen LogP contribution in [-0.4, -0.2) is 29.1 Å². The minimum absolute atomic E-state index is 0.373. The van der Waals surface area contributed by atoms with Crippen molar-refractivity contribution >= 4 is 5.97 Å². The number of ether oxygens (including phenoxy) is 2. The molecule has 1 aliphatic heterocycles. The van der Waals surface area contributed by atoms with Gasteiger partial charge in [-0.15, -0.1) is 0 Å². The third-order valence-electron chi connectivity index (χ3n) is 1.55. The summed E-state index contributed by atoms with van der Waals surface area (Å²) < 4.78 is 10.3. The maximum atomic E-state index is 10.5. The Morgan fingerprint density at radius 3 is 2.18 bits per heavy atom. The highest BCUT2D eigenvalue weighted by molar-refractivity contribution is 5.73. The number of carboxylic acid groups (broad SMARTS) is 1. The maximum absolute atomic E-state index is 10.5. The van der Waals surface area contributed by atoms with Crippen LogP contribution in [0.4, 0.5) is 0 Å². The van der Waals surface area contributed by atoms with Gasteiger partial charge in [0.1, 0.15) is 0 Å². The van der Waals surface area contributed by atoms with Gasteiger partial charge in [0.05, 0.1) is 6.10 Å². The average molecular weight is 160 g/mol. The molecule has 0 spiro atoms. The Hall–Kier alpha value is -0.610. The highest BCUT2D eigenvalue weighted by Crippen LogP contribution is 2.27. The standard InChI is InChI=1S/C7H12O4/c1-4-5(6(8)9)11-7(2,3)10-4/h4-5H,1-3H3,(H,8,9)/t4-,5-/m1/s1. The fourth-order valence-electron chi connectivity index (χ4n) is 1.19. The normalized spacial score (nSPS) is 35.5. The first-order valence-electron chi connectivity index (χ1n) is 3.51. The summed E-state index contributed by atoms with van der Waals surface area (Å²) in [7, 11) is 0. The van der Waals surface area contributed by atoms with Crippen molar-refractivity contribution in [1.82, 2.24) is 0 Å². The predicted molar refractivity (Wildman–Crippen MR) is 37.1 cm³/mol. The van der Waals surface area contributed by atoms with E-state index in [9.17, 15) is 4.79 Å². The Bertz CT molecular complexity index is 175. The van der Waals surface area contributed by atoms with Crippen molar-refractivity contribution in [2.24, 2.45) is 0 Å². The lowest BCUT2D eigenvalue weighted by molar-refractivity contribution is -0.165. The van der Waals surface area contributed by atoms with E-state index in [1.165, 1.54) is 0 Å². The predicted octanol–water partition coefficient (Wildman–Crippen LogP) is 0.611. The quantitative estimate of drug-likeness (QED) is 0.610. The molecule has 0 aromatic rings. The van der Waals surface area contributed by atoms with E-state index in [2.05, 4.69) is 0 Å². The van der Waals surface area contributed by atoms with Gasteiger partial charge in [-0.25, -0.2) is 4.79 Å². The number of aliphatic carboxylic acids is 1. The zero-order valence-corrected chi connectivity index (χ0v) is 6.83. The van der Waals surface area contributed by atoms with Gasteiger partial charge in [-0.1, -0.05) is 0 Å². The van der Waals surface area contributed by atoms with Crippen molar-refractivity contribution in [3.05, 3.63) is 0 Å². The van der Waals surface area contributed by atoms with Crippen LogP contribution in [0, 0.1) is 0 Å². The molecular weight excluding hydrogens is 148 g/mol. The van der Waals surface area contributed by atoms with Gasteiger partial charge in [0.2, 0.25) is 0 Å². The molecule has 1 rings (SSSR count). The maximum Gasteiger partial charge on any atom is 0.335 e. The van der Waals surface area contributed by atoms with Gasteiger partial charge in [0.15, 0.2) is 11.9 Å². The monoisotopic (exact) mass is 160 g/mol. The van der Waals surface area contributed by atoms with E-state index < -0.39 is 17.9 Å². The van der Waals surface area contributed by atoms with Crippen LogP contribution in [0.1, 0.15) is 20.8 Å². The molecule has 1 aliphatic rings. The van der Waals surface area contributed by atoms with Gasteiger partial charge in [0.25, 0.3) is 0 Å². The molecule has 0 aromatic heterocycles. The van der Waals surface area contributed by atoms with Gasteiger partial charge in [-0.05, 0) is 20.8 Å². The fraction of sp³-hybridized carbons (Fsp3) is 0.857. The lowest BCUT2D eigenvalue weighted by Gasteiger charge is -2.15. The van der Waals surface area contributed by atoms with Crippen LogP contribution in [0.25, 0.3) is 0 Å². The van der Waals surface area contributed by atoms with Crippen LogP contribution in [0.2, 0.25) is 0 Å². The Balaban J connectivity index is 2.66. The van der Waals surface area contributed by atoms with Crippen LogP contribution >= 0.6 is 0 Å². The van der Waals surface area contributed by atoms with Crippen molar-refractivity contribution in [3.8, 4) is 0 Å². The summed E-state index contributed by atoms with van der Waals surface area (Å²) in [6, 6.07) is 0. The molecule has 2 atom stereocenters. The van der Waals surface area contributed by atoms with Crippen molar-refractivity contribution in [1.29, 1.82) is 0 Å². The second kappa shape index (κ2) is 2.46. The van der Waals surface area contributed by atoms with Crippen molar-refractivity contribution in [2.45, 2.75) is 38.8 Å². The zero-order valence-electron chi connectivity index (χ0n) is 6.83. The molecule has 11 heavy (non-hydrogen) atoms. The van der Waals surface area contributed by atoms with E-state index in [4.69, 9.17) is 14.6 Å². The Labute approximate surface area is 65.1 Å². The topological polar surface area (TPSA) is 55.8 Å². The van der Waals surface area contributed by atoms with Crippen LogP contribution in [0.15, 0.2) is 0 Å². The molecule has 0 aliphatic carbocycles. The van der Waals surface area contributed by atoms with Crippen molar-refractivity contribution < 1.29 is 19.4 Å². The van der Waals surface area contributed by atoms with E-state index in [1.54, 1.807) is 20.8 Å². The molecule has 0 saturated carbocycles. The van der Waals surface area contributed by atoms with Crippen LogP contribution in [0.5, 0.6) is 0 Å². The van der Waals surface area contributed by atoms with Crippen LogP contribution in [0.3, 0.4) is 0 Å². The van der Waals surface area contributed by atoms with E-state index in [-0.39, 0.29) is 6.10 Å². The second-order valence-corrected chi connectivity index (χ2v) is 3.10. The zero-order chi connectivity index (χ0) is 8.65. The summed E-state index contributed by atoms with van der Waals surface area (Å²) in [5.41, 5.74) is 0. The fourth-order valence-corrected chi connectivity index (χ4v) is 1.19. The molecule has 0 unspecified atom stereocenters. The summed E-state index contributed by atoms with van der Waals surface area (Å²) in [6.07, 6.45) is -1.20. The summed E-state index contributed by atoms with van der Waals surface area (Å²) >= 11 is 0. The van der Waals surface area contributed by atoms with E-state index >= 15 is 0 Å². The van der Waals surface area contributed by atoms with E-state index in [0.717, 1.165) is 0 Å². The summed E-state index contributed by atoms with van der Waals surface area (Å²) in [6.45, 7) is 5.09. The van der Waals surface area contributed by atoms with Crippen molar-refractivity contribution in [3.63, 3.8) is 0 Å². The smallest absolute Gasteiger partial charge is 0.335 e. The Morgan fingerprint density at radius 2 is 2.00 bits per heavy atom. The largest absolute Gasteiger partial charge is 0.479 e. The number of carboxylic acids is 1. The molecule has 1 fully saturated rings. The molecular formula is C7H12O4. The molecule has 1 saturated heterocycles. The second-order valence-electron chi connectivity index (χ2n) is 3.10. The first-order chi connectivity index (χ1) is 4.92. The van der Waals surface area contributed by atoms with Gasteiger partial charge < -0.3 is 14.6 Å². The number of carbonyl (C=O) groups is 1. The van der Waals surface area contributed by atoms with Crippen LogP contribution < -0.4 is 0 Å². The highest BCUT2D eigenvalue weighted by atomic mass is 16.8. The molecule has 0 radical (unpaired) electrons. The van der Waals surface area contributed by atoms with Crippen molar-refractivity contribution in [2.75, 3.05) is 0 Å². The summed E-state index contributed by atoms with van der Waals surface area (Å²) in [5, 5.41) is 8.61. The minimum Gasteiger partial charge on any atom is -0.479 e. The third kappa shape index (κ3) is 1.70. The summed E-state index contributed by atoms with van der Waals surface area (Å²) in [4.78, 5) is 10.5.